The topological polar surface area (TPSA) is 29.3 Å². The molecule has 21 heavy (non-hydrogen) atoms. The molecule has 2 atom stereocenters. The van der Waals surface area contributed by atoms with E-state index in [1.165, 1.54) is 17.8 Å². The summed E-state index contributed by atoms with van der Waals surface area (Å²) in [4.78, 5) is 2.31. The zero-order valence-corrected chi connectivity index (χ0v) is 13.3. The quantitative estimate of drug-likeness (QED) is 0.891. The molecule has 1 aliphatic heterocycles. The van der Waals surface area contributed by atoms with E-state index in [2.05, 4.69) is 33.0 Å². The van der Waals surface area contributed by atoms with E-state index in [4.69, 9.17) is 5.73 Å². The molecule has 110 valence electrons. The summed E-state index contributed by atoms with van der Waals surface area (Å²) in [5, 5.41) is 0. The zero-order chi connectivity index (χ0) is 14.8. The second-order valence-corrected chi connectivity index (χ2v) is 6.54. The van der Waals surface area contributed by atoms with Crippen molar-refractivity contribution < 1.29 is 4.39 Å². The summed E-state index contributed by atoms with van der Waals surface area (Å²) in [6.45, 7) is 1.78. The van der Waals surface area contributed by atoms with Crippen LogP contribution in [-0.4, -0.2) is 19.1 Å². The first-order chi connectivity index (χ1) is 10.1. The number of rotatable bonds is 2. The number of anilines is 1. The van der Waals surface area contributed by atoms with E-state index in [0.717, 1.165) is 29.5 Å². The number of piperidine rings is 1. The van der Waals surface area contributed by atoms with Crippen molar-refractivity contribution in [3.8, 4) is 0 Å². The van der Waals surface area contributed by atoms with Crippen LogP contribution < -0.4 is 10.6 Å². The molecule has 0 aromatic heterocycles. The SMILES string of the molecule is NC1CC(c2ccc(F)cc2)CN(c2ccc(Br)cc2)C1. The summed E-state index contributed by atoms with van der Waals surface area (Å²) in [5.74, 6) is 0.154. The third kappa shape index (κ3) is 3.44. The highest BCUT2D eigenvalue weighted by Gasteiger charge is 2.26. The van der Waals surface area contributed by atoms with Crippen molar-refractivity contribution in [1.29, 1.82) is 0 Å². The van der Waals surface area contributed by atoms with Crippen molar-refractivity contribution in [2.45, 2.75) is 18.4 Å². The normalized spacial score (nSPS) is 22.3. The van der Waals surface area contributed by atoms with Gasteiger partial charge < -0.3 is 10.6 Å². The smallest absolute Gasteiger partial charge is 0.123 e. The molecule has 0 radical (unpaired) electrons. The maximum Gasteiger partial charge on any atom is 0.123 e. The van der Waals surface area contributed by atoms with E-state index in [1.54, 1.807) is 0 Å². The monoisotopic (exact) mass is 348 g/mol. The maximum atomic E-state index is 13.1. The molecule has 2 aromatic rings. The molecule has 2 nitrogen and oxygen atoms in total. The summed E-state index contributed by atoms with van der Waals surface area (Å²) in [7, 11) is 0. The molecule has 0 bridgehead atoms. The lowest BCUT2D eigenvalue weighted by Gasteiger charge is -2.38. The fourth-order valence-corrected chi connectivity index (χ4v) is 3.24. The summed E-state index contributed by atoms with van der Waals surface area (Å²) in [6.07, 6.45) is 0.943. The highest BCUT2D eigenvalue weighted by atomic mass is 79.9. The maximum absolute atomic E-state index is 13.1. The Bertz CT molecular complexity index is 544. The minimum atomic E-state index is -0.191. The molecule has 3 rings (SSSR count). The van der Waals surface area contributed by atoms with Gasteiger partial charge in [-0.05, 0) is 48.4 Å². The molecule has 1 aliphatic rings. The lowest BCUT2D eigenvalue weighted by Crippen LogP contribution is -2.46. The average Bonchev–Trinajstić information content (AvgIpc) is 2.48. The van der Waals surface area contributed by atoms with Gasteiger partial charge in [-0.3, -0.25) is 0 Å². The standard InChI is InChI=1S/C17H18BrFN2/c18-14-3-7-17(8-4-14)21-10-13(9-16(20)11-21)12-1-5-15(19)6-2-12/h1-8,13,16H,9-11,20H2. The Labute approximate surface area is 132 Å². The van der Waals surface area contributed by atoms with Crippen LogP contribution in [0.4, 0.5) is 10.1 Å². The van der Waals surface area contributed by atoms with E-state index >= 15 is 0 Å². The van der Waals surface area contributed by atoms with E-state index in [1.807, 2.05) is 24.3 Å². The van der Waals surface area contributed by atoms with Crippen LogP contribution in [0, 0.1) is 5.82 Å². The highest BCUT2D eigenvalue weighted by molar-refractivity contribution is 9.10. The van der Waals surface area contributed by atoms with Gasteiger partial charge in [0.25, 0.3) is 0 Å². The van der Waals surface area contributed by atoms with Crippen LogP contribution in [0.3, 0.4) is 0 Å². The molecule has 4 heteroatoms. The van der Waals surface area contributed by atoms with Gasteiger partial charge in [0.05, 0.1) is 0 Å². The van der Waals surface area contributed by atoms with Gasteiger partial charge in [0.2, 0.25) is 0 Å². The van der Waals surface area contributed by atoms with Crippen molar-refractivity contribution >= 4 is 21.6 Å². The number of benzene rings is 2. The number of halogens is 2. The molecule has 2 unspecified atom stereocenters. The average molecular weight is 349 g/mol. The predicted molar refractivity (Wildman–Crippen MR) is 88.1 cm³/mol. The van der Waals surface area contributed by atoms with Crippen LogP contribution in [0.2, 0.25) is 0 Å². The van der Waals surface area contributed by atoms with Crippen LogP contribution in [0.15, 0.2) is 53.0 Å². The van der Waals surface area contributed by atoms with E-state index in [-0.39, 0.29) is 11.9 Å². The van der Waals surface area contributed by atoms with Gasteiger partial charge in [0.15, 0.2) is 0 Å². The molecule has 0 spiro atoms. The molecule has 0 aliphatic carbocycles. The third-order valence-electron chi connectivity index (χ3n) is 4.02. The van der Waals surface area contributed by atoms with Crippen LogP contribution in [0.1, 0.15) is 17.9 Å². The first kappa shape index (κ1) is 14.5. The van der Waals surface area contributed by atoms with Crippen molar-refractivity contribution in [3.63, 3.8) is 0 Å². The molecular weight excluding hydrogens is 331 g/mol. The van der Waals surface area contributed by atoms with Crippen LogP contribution in [0.25, 0.3) is 0 Å². The van der Waals surface area contributed by atoms with E-state index < -0.39 is 0 Å². The van der Waals surface area contributed by atoms with Crippen molar-refractivity contribution in [1.82, 2.24) is 0 Å². The summed E-state index contributed by atoms with van der Waals surface area (Å²) < 4.78 is 14.1. The lowest BCUT2D eigenvalue weighted by atomic mass is 9.88. The third-order valence-corrected chi connectivity index (χ3v) is 4.54. The van der Waals surface area contributed by atoms with Gasteiger partial charge in [-0.15, -0.1) is 0 Å². The van der Waals surface area contributed by atoms with Crippen molar-refractivity contribution in [2.24, 2.45) is 5.73 Å². The van der Waals surface area contributed by atoms with Gasteiger partial charge in [-0.1, -0.05) is 28.1 Å². The summed E-state index contributed by atoms with van der Waals surface area (Å²) in [6, 6.07) is 15.2. The molecule has 2 aromatic carbocycles. The fourth-order valence-electron chi connectivity index (χ4n) is 2.98. The number of hydrogen-bond acceptors (Lipinski definition) is 2. The largest absolute Gasteiger partial charge is 0.369 e. The predicted octanol–water partition coefficient (Wildman–Crippen LogP) is 3.91. The summed E-state index contributed by atoms with van der Waals surface area (Å²) >= 11 is 3.46. The molecule has 0 amide bonds. The van der Waals surface area contributed by atoms with Gasteiger partial charge in [-0.2, -0.15) is 0 Å². The van der Waals surface area contributed by atoms with Crippen LogP contribution >= 0.6 is 15.9 Å². The number of nitrogens with zero attached hydrogens (tertiary/aromatic N) is 1. The van der Waals surface area contributed by atoms with E-state index in [9.17, 15) is 4.39 Å². The second kappa shape index (κ2) is 6.16. The van der Waals surface area contributed by atoms with Gasteiger partial charge >= 0.3 is 0 Å². The van der Waals surface area contributed by atoms with Crippen LogP contribution in [-0.2, 0) is 0 Å². The van der Waals surface area contributed by atoms with Crippen molar-refractivity contribution in [2.75, 3.05) is 18.0 Å². The Hall–Kier alpha value is -1.39. The summed E-state index contributed by atoms with van der Waals surface area (Å²) in [5.41, 5.74) is 8.57. The highest BCUT2D eigenvalue weighted by Crippen LogP contribution is 2.30. The Kier molecular flexibility index (Phi) is 4.27. The Morgan fingerprint density at radius 2 is 1.67 bits per heavy atom. The van der Waals surface area contributed by atoms with Gasteiger partial charge in [-0.25, -0.2) is 4.39 Å². The minimum Gasteiger partial charge on any atom is -0.369 e. The zero-order valence-electron chi connectivity index (χ0n) is 11.7. The number of nitrogens with two attached hydrogens (primary N) is 1. The number of hydrogen-bond donors (Lipinski definition) is 1. The Morgan fingerprint density at radius 3 is 2.33 bits per heavy atom. The second-order valence-electron chi connectivity index (χ2n) is 5.63. The lowest BCUT2D eigenvalue weighted by molar-refractivity contribution is 0.453. The fraction of sp³-hybridized carbons (Fsp3) is 0.294. The van der Waals surface area contributed by atoms with Crippen LogP contribution in [0.5, 0.6) is 0 Å². The first-order valence-electron chi connectivity index (χ1n) is 7.13. The van der Waals surface area contributed by atoms with Crippen molar-refractivity contribution in [3.05, 3.63) is 64.4 Å². The Morgan fingerprint density at radius 1 is 1.00 bits per heavy atom. The van der Waals surface area contributed by atoms with Gasteiger partial charge in [0.1, 0.15) is 5.82 Å². The molecule has 0 saturated carbocycles. The molecule has 1 heterocycles. The molecule has 1 saturated heterocycles. The molecular formula is C17H18BrFN2. The molecule has 1 fully saturated rings. The van der Waals surface area contributed by atoms with E-state index in [0.29, 0.717) is 5.92 Å². The molecule has 2 N–H and O–H groups in total. The first-order valence-corrected chi connectivity index (χ1v) is 7.92. The van der Waals surface area contributed by atoms with Gasteiger partial charge in [0, 0.05) is 35.2 Å². The Balaban J connectivity index is 1.81. The minimum absolute atomic E-state index is 0.137.